The third-order valence-electron chi connectivity index (χ3n) is 1.56. The third-order valence-corrected chi connectivity index (χ3v) is 1.84. The van der Waals surface area contributed by atoms with Crippen LogP contribution < -0.4 is 4.28 Å². The maximum absolute atomic E-state index is 10.2. The van der Waals surface area contributed by atoms with Crippen molar-refractivity contribution in [3.63, 3.8) is 0 Å². The predicted molar refractivity (Wildman–Crippen MR) is 45.2 cm³/mol. The molecule has 0 saturated carbocycles. The topological polar surface area (TPSA) is 67.2 Å². The zero-order valence-corrected chi connectivity index (χ0v) is 7.23. The van der Waals surface area contributed by atoms with Crippen LogP contribution in [-0.4, -0.2) is 18.5 Å². The molecule has 1 aromatic carbocycles. The van der Waals surface area contributed by atoms with Crippen molar-refractivity contribution < 1.29 is 13.0 Å². The number of fused-ring (bicyclic) bond motifs is 1. The van der Waals surface area contributed by atoms with Gasteiger partial charge < -0.3 is 8.84 Å². The molecule has 1 atom stereocenters. The summed E-state index contributed by atoms with van der Waals surface area (Å²) in [6.45, 7) is 0. The summed E-state index contributed by atoms with van der Waals surface area (Å²) in [5, 5.41) is 0. The Labute approximate surface area is 76.4 Å². The fraction of sp³-hybridized carbons (Fsp3) is 0. The van der Waals surface area contributed by atoms with Gasteiger partial charge in [-0.15, -0.1) is 0 Å². The van der Waals surface area contributed by atoms with E-state index in [0.29, 0.717) is 11.0 Å². The molecule has 6 heteroatoms. The summed E-state index contributed by atoms with van der Waals surface area (Å²) >= 11 is -2.58. The Balaban J connectivity index is 2.51. The number of para-hydroxylation sites is 2. The van der Waals surface area contributed by atoms with Crippen molar-refractivity contribution >= 4 is 22.4 Å². The van der Waals surface area contributed by atoms with E-state index in [2.05, 4.69) is 9.27 Å². The Kier molecular flexibility index (Phi) is 1.99. The Morgan fingerprint density at radius 1 is 1.46 bits per heavy atom. The van der Waals surface area contributed by atoms with E-state index in [4.69, 9.17) is 0 Å². The maximum atomic E-state index is 10.2. The second-order valence-electron chi connectivity index (χ2n) is 2.34. The fourth-order valence-electron chi connectivity index (χ4n) is 1.06. The molecule has 1 unspecified atom stereocenters. The standard InChI is InChI=1S/C7H6N2O3S/c10-13(11)12-9-5-8-6-3-1-2-4-7(6)9/h1-5H,(H,10,11)/p-1. The van der Waals surface area contributed by atoms with E-state index in [0.717, 1.165) is 4.73 Å². The van der Waals surface area contributed by atoms with Gasteiger partial charge in [-0.3, -0.25) is 0 Å². The van der Waals surface area contributed by atoms with Crippen LogP contribution in [0.25, 0.3) is 11.0 Å². The smallest absolute Gasteiger partial charge is 0.167 e. The fourth-order valence-corrected chi connectivity index (χ4v) is 1.31. The molecule has 0 saturated heterocycles. The Morgan fingerprint density at radius 2 is 2.23 bits per heavy atom. The minimum atomic E-state index is -2.58. The SMILES string of the molecule is O=S([O-])On1cnc2ccccc21. The molecule has 0 N–H and O–H groups in total. The molecule has 0 aliphatic rings. The Bertz CT molecular complexity index is 454. The Hall–Kier alpha value is -1.40. The van der Waals surface area contributed by atoms with Gasteiger partial charge >= 0.3 is 0 Å². The van der Waals surface area contributed by atoms with Crippen LogP contribution in [0.4, 0.5) is 0 Å². The molecule has 0 fully saturated rings. The molecule has 0 amide bonds. The quantitative estimate of drug-likeness (QED) is 0.647. The number of rotatable bonds is 2. The zero-order chi connectivity index (χ0) is 9.26. The van der Waals surface area contributed by atoms with Crippen molar-refractivity contribution in [2.24, 2.45) is 0 Å². The summed E-state index contributed by atoms with van der Waals surface area (Å²) in [7, 11) is 0. The van der Waals surface area contributed by atoms with E-state index >= 15 is 0 Å². The van der Waals surface area contributed by atoms with Crippen molar-refractivity contribution in [3.05, 3.63) is 30.6 Å². The number of hydrogen-bond donors (Lipinski definition) is 0. The molecule has 0 bridgehead atoms. The molecule has 1 heterocycles. The van der Waals surface area contributed by atoms with E-state index in [9.17, 15) is 8.76 Å². The molecular weight excluding hydrogens is 192 g/mol. The molecule has 0 spiro atoms. The normalized spacial score (nSPS) is 13.0. The van der Waals surface area contributed by atoms with Crippen molar-refractivity contribution in [2.45, 2.75) is 0 Å². The van der Waals surface area contributed by atoms with Gasteiger partial charge in [0.15, 0.2) is 11.4 Å². The van der Waals surface area contributed by atoms with Crippen LogP contribution in [0.5, 0.6) is 0 Å². The first-order chi connectivity index (χ1) is 6.27. The molecular formula is C7H5N2O3S-. The molecule has 2 rings (SSSR count). The molecule has 0 aliphatic carbocycles. The van der Waals surface area contributed by atoms with E-state index in [1.54, 1.807) is 18.2 Å². The minimum Gasteiger partial charge on any atom is -0.738 e. The summed E-state index contributed by atoms with van der Waals surface area (Å²) < 4.78 is 26.0. The molecule has 1 aromatic heterocycles. The largest absolute Gasteiger partial charge is 0.738 e. The van der Waals surface area contributed by atoms with Crippen LogP contribution in [0, 0.1) is 0 Å². The molecule has 68 valence electrons. The first-order valence-electron chi connectivity index (χ1n) is 3.47. The number of aromatic nitrogens is 2. The van der Waals surface area contributed by atoms with Crippen LogP contribution in [0.2, 0.25) is 0 Å². The van der Waals surface area contributed by atoms with Gasteiger partial charge in [0.25, 0.3) is 0 Å². The highest BCUT2D eigenvalue weighted by Gasteiger charge is 2.00. The highest BCUT2D eigenvalue weighted by Crippen LogP contribution is 2.09. The van der Waals surface area contributed by atoms with Crippen LogP contribution in [0.3, 0.4) is 0 Å². The van der Waals surface area contributed by atoms with Gasteiger partial charge in [-0.1, -0.05) is 12.1 Å². The molecule has 2 aromatic rings. The van der Waals surface area contributed by atoms with Crippen molar-refractivity contribution in [2.75, 3.05) is 0 Å². The van der Waals surface area contributed by atoms with Crippen LogP contribution in [0.15, 0.2) is 30.6 Å². The van der Waals surface area contributed by atoms with Gasteiger partial charge in [0.05, 0.1) is 5.52 Å². The molecule has 13 heavy (non-hydrogen) atoms. The van der Waals surface area contributed by atoms with Crippen LogP contribution in [-0.2, 0) is 11.4 Å². The summed E-state index contributed by atoms with van der Waals surface area (Å²) in [6.07, 6.45) is 1.31. The van der Waals surface area contributed by atoms with Crippen molar-refractivity contribution in [3.8, 4) is 0 Å². The van der Waals surface area contributed by atoms with Crippen LogP contribution >= 0.6 is 0 Å². The van der Waals surface area contributed by atoms with E-state index in [1.807, 2.05) is 6.07 Å². The first kappa shape index (κ1) is 8.21. The summed E-state index contributed by atoms with van der Waals surface area (Å²) in [5.41, 5.74) is 1.31. The highest BCUT2D eigenvalue weighted by molar-refractivity contribution is 7.74. The lowest BCUT2D eigenvalue weighted by atomic mass is 10.3. The monoisotopic (exact) mass is 197 g/mol. The van der Waals surface area contributed by atoms with E-state index < -0.39 is 11.4 Å². The second kappa shape index (κ2) is 3.15. The van der Waals surface area contributed by atoms with Gasteiger partial charge in [0.2, 0.25) is 0 Å². The minimum absolute atomic E-state index is 0.617. The maximum Gasteiger partial charge on any atom is 0.167 e. The lowest BCUT2D eigenvalue weighted by Gasteiger charge is -2.06. The second-order valence-corrected chi connectivity index (χ2v) is 2.90. The number of nitrogens with zero attached hydrogens (tertiary/aromatic N) is 2. The zero-order valence-electron chi connectivity index (χ0n) is 6.41. The first-order valence-corrected chi connectivity index (χ1v) is 4.47. The van der Waals surface area contributed by atoms with Crippen molar-refractivity contribution in [1.29, 1.82) is 0 Å². The van der Waals surface area contributed by atoms with Gasteiger partial charge in [0, 0.05) is 0 Å². The summed E-state index contributed by atoms with van der Waals surface area (Å²) in [5.74, 6) is 0. The lowest BCUT2D eigenvalue weighted by molar-refractivity contribution is 0.276. The number of imidazole rings is 1. The highest BCUT2D eigenvalue weighted by atomic mass is 32.2. The summed E-state index contributed by atoms with van der Waals surface area (Å²) in [4.78, 5) is 3.94. The van der Waals surface area contributed by atoms with Gasteiger partial charge in [-0.25, -0.2) is 9.19 Å². The van der Waals surface area contributed by atoms with Gasteiger partial charge in [-0.05, 0) is 12.1 Å². The number of hydrogen-bond acceptors (Lipinski definition) is 4. The average Bonchev–Trinajstić information content (AvgIpc) is 2.48. The Morgan fingerprint density at radius 3 is 3.00 bits per heavy atom. The molecule has 0 aliphatic heterocycles. The van der Waals surface area contributed by atoms with Crippen molar-refractivity contribution in [1.82, 2.24) is 9.71 Å². The molecule has 5 nitrogen and oxygen atoms in total. The van der Waals surface area contributed by atoms with E-state index in [-0.39, 0.29) is 0 Å². The predicted octanol–water partition coefficient (Wildman–Crippen LogP) is 0.259. The van der Waals surface area contributed by atoms with Gasteiger partial charge in [-0.2, -0.15) is 4.73 Å². The van der Waals surface area contributed by atoms with Gasteiger partial charge in [0.1, 0.15) is 11.8 Å². The molecule has 0 radical (unpaired) electrons. The lowest BCUT2D eigenvalue weighted by Crippen LogP contribution is -2.12. The summed E-state index contributed by atoms with van der Waals surface area (Å²) in [6, 6.07) is 7.07. The van der Waals surface area contributed by atoms with Crippen LogP contribution in [0.1, 0.15) is 0 Å². The van der Waals surface area contributed by atoms with E-state index in [1.165, 1.54) is 6.33 Å². The third kappa shape index (κ3) is 1.53. The average molecular weight is 197 g/mol. The number of benzene rings is 1.